The Balaban J connectivity index is 2.56. The smallest absolute Gasteiger partial charge is 0.137 e. The zero-order valence-electron chi connectivity index (χ0n) is 9.36. The second-order valence-electron chi connectivity index (χ2n) is 4.83. The first-order valence-electron chi connectivity index (χ1n) is 5.10. The molecule has 0 bridgehead atoms. The minimum atomic E-state index is 0.0609. The fraction of sp³-hybridized carbons (Fsp3) is 0.417. The average molecular weight is 204 g/mol. The third-order valence-electron chi connectivity index (χ3n) is 2.48. The molecule has 15 heavy (non-hydrogen) atoms. The van der Waals surface area contributed by atoms with E-state index >= 15 is 0 Å². The van der Waals surface area contributed by atoms with Crippen LogP contribution in [0.2, 0.25) is 0 Å². The number of aliphatic hydroxyl groups is 1. The fourth-order valence-corrected chi connectivity index (χ4v) is 1.48. The molecule has 2 aromatic rings. The number of aromatic nitrogens is 2. The van der Waals surface area contributed by atoms with Gasteiger partial charge in [-0.3, -0.25) is 0 Å². The number of hydrogen-bond acceptors (Lipinski definition) is 2. The van der Waals surface area contributed by atoms with Crippen LogP contribution in [0, 0.1) is 0 Å². The molecular formula is C12H16N2O. The van der Waals surface area contributed by atoms with E-state index in [0.717, 1.165) is 16.9 Å². The lowest BCUT2D eigenvalue weighted by Crippen LogP contribution is -2.11. The molecule has 3 heteroatoms. The maximum Gasteiger partial charge on any atom is 0.137 e. The summed E-state index contributed by atoms with van der Waals surface area (Å²) in [6.07, 6.45) is 3.97. The highest BCUT2D eigenvalue weighted by Gasteiger charge is 2.17. The van der Waals surface area contributed by atoms with Gasteiger partial charge in [-0.05, 0) is 17.7 Å². The minimum absolute atomic E-state index is 0.0609. The third kappa shape index (κ3) is 1.88. The van der Waals surface area contributed by atoms with Gasteiger partial charge >= 0.3 is 0 Å². The molecule has 1 N–H and O–H groups in total. The predicted octanol–water partition coefficient (Wildman–Crippen LogP) is 2.12. The van der Waals surface area contributed by atoms with Gasteiger partial charge in [0.25, 0.3) is 0 Å². The molecule has 2 rings (SSSR count). The number of hydrogen-bond donors (Lipinski definition) is 1. The zero-order chi connectivity index (χ0) is 11.1. The number of rotatable bonds is 1. The molecule has 0 aliphatic carbocycles. The van der Waals surface area contributed by atoms with Crippen LogP contribution in [0.1, 0.15) is 32.0 Å². The standard InChI is InChI=1S/C12H16N2O/c1-12(2,3)10-7-14-5-4-9(8-15)6-11(14)13-10/h4-7,15H,8H2,1-3H3. The first kappa shape index (κ1) is 10.2. The summed E-state index contributed by atoms with van der Waals surface area (Å²) in [5.74, 6) is 0. The van der Waals surface area contributed by atoms with Crippen molar-refractivity contribution in [2.75, 3.05) is 0 Å². The number of fused-ring (bicyclic) bond motifs is 1. The van der Waals surface area contributed by atoms with Gasteiger partial charge in [-0.2, -0.15) is 0 Å². The summed E-state index contributed by atoms with van der Waals surface area (Å²) in [4.78, 5) is 4.54. The number of aliphatic hydroxyl groups excluding tert-OH is 1. The van der Waals surface area contributed by atoms with Crippen molar-refractivity contribution in [1.82, 2.24) is 9.38 Å². The maximum atomic E-state index is 9.03. The van der Waals surface area contributed by atoms with E-state index in [4.69, 9.17) is 5.11 Å². The monoisotopic (exact) mass is 204 g/mol. The molecule has 3 nitrogen and oxygen atoms in total. The molecule has 0 aliphatic heterocycles. The van der Waals surface area contributed by atoms with Crippen LogP contribution in [0.3, 0.4) is 0 Å². The van der Waals surface area contributed by atoms with Crippen LogP contribution in [0.25, 0.3) is 5.65 Å². The summed E-state index contributed by atoms with van der Waals surface area (Å²) in [6, 6.07) is 3.82. The van der Waals surface area contributed by atoms with Crippen molar-refractivity contribution in [1.29, 1.82) is 0 Å². The van der Waals surface area contributed by atoms with Crippen molar-refractivity contribution < 1.29 is 5.11 Å². The molecule has 80 valence electrons. The number of pyridine rings is 1. The van der Waals surface area contributed by atoms with Crippen LogP contribution in [-0.2, 0) is 12.0 Å². The first-order chi connectivity index (χ1) is 7.00. The summed E-state index contributed by atoms with van der Waals surface area (Å²) < 4.78 is 1.99. The third-order valence-corrected chi connectivity index (χ3v) is 2.48. The van der Waals surface area contributed by atoms with Crippen molar-refractivity contribution in [3.8, 4) is 0 Å². The lowest BCUT2D eigenvalue weighted by Gasteiger charge is -2.13. The summed E-state index contributed by atoms with van der Waals surface area (Å²) in [6.45, 7) is 6.49. The lowest BCUT2D eigenvalue weighted by molar-refractivity contribution is 0.282. The SMILES string of the molecule is CC(C)(C)c1cn2ccc(CO)cc2n1. The second-order valence-corrected chi connectivity index (χ2v) is 4.83. The highest BCUT2D eigenvalue weighted by atomic mass is 16.3. The van der Waals surface area contributed by atoms with Crippen molar-refractivity contribution >= 4 is 5.65 Å². The summed E-state index contributed by atoms with van der Waals surface area (Å²) >= 11 is 0. The van der Waals surface area contributed by atoms with Crippen LogP contribution < -0.4 is 0 Å². The predicted molar refractivity (Wildman–Crippen MR) is 59.8 cm³/mol. The Kier molecular flexibility index (Phi) is 2.27. The molecule has 0 unspecified atom stereocenters. The van der Waals surface area contributed by atoms with Gasteiger partial charge in [0.1, 0.15) is 5.65 Å². The molecule has 0 atom stereocenters. The van der Waals surface area contributed by atoms with E-state index in [1.807, 2.05) is 28.9 Å². The Morgan fingerprint density at radius 1 is 1.40 bits per heavy atom. The number of imidazole rings is 1. The Bertz CT molecular complexity index is 480. The zero-order valence-corrected chi connectivity index (χ0v) is 9.36. The molecule has 2 heterocycles. The summed E-state index contributed by atoms with van der Waals surface area (Å²) in [5, 5.41) is 9.03. The molecule has 0 radical (unpaired) electrons. The van der Waals surface area contributed by atoms with Gasteiger partial charge in [0.2, 0.25) is 0 Å². The molecule has 0 spiro atoms. The van der Waals surface area contributed by atoms with Crippen LogP contribution in [-0.4, -0.2) is 14.5 Å². The highest BCUT2D eigenvalue weighted by Crippen LogP contribution is 2.21. The quantitative estimate of drug-likeness (QED) is 0.772. The minimum Gasteiger partial charge on any atom is -0.392 e. The van der Waals surface area contributed by atoms with E-state index in [-0.39, 0.29) is 12.0 Å². The Labute approximate surface area is 89.4 Å². The van der Waals surface area contributed by atoms with Crippen molar-refractivity contribution in [2.45, 2.75) is 32.8 Å². The van der Waals surface area contributed by atoms with Crippen molar-refractivity contribution in [3.63, 3.8) is 0 Å². The molecule has 0 saturated heterocycles. The van der Waals surface area contributed by atoms with Crippen LogP contribution in [0.15, 0.2) is 24.5 Å². The van der Waals surface area contributed by atoms with Crippen molar-refractivity contribution in [2.24, 2.45) is 0 Å². The molecule has 0 saturated carbocycles. The second kappa shape index (κ2) is 3.35. The number of nitrogens with zero attached hydrogens (tertiary/aromatic N) is 2. The van der Waals surface area contributed by atoms with E-state index in [2.05, 4.69) is 25.8 Å². The molecule has 0 fully saturated rings. The van der Waals surface area contributed by atoms with Gasteiger partial charge in [-0.15, -0.1) is 0 Å². The van der Waals surface area contributed by atoms with Gasteiger partial charge in [0, 0.05) is 17.8 Å². The van der Waals surface area contributed by atoms with Gasteiger partial charge in [-0.25, -0.2) is 4.98 Å². The Morgan fingerprint density at radius 2 is 2.13 bits per heavy atom. The van der Waals surface area contributed by atoms with E-state index in [1.54, 1.807) is 0 Å². The Hall–Kier alpha value is -1.35. The molecule has 2 aromatic heterocycles. The Morgan fingerprint density at radius 3 is 2.73 bits per heavy atom. The van der Waals surface area contributed by atoms with Gasteiger partial charge in [-0.1, -0.05) is 20.8 Å². The maximum absolute atomic E-state index is 9.03. The fourth-order valence-electron chi connectivity index (χ4n) is 1.48. The normalized spacial score (nSPS) is 12.3. The van der Waals surface area contributed by atoms with Crippen LogP contribution >= 0.6 is 0 Å². The van der Waals surface area contributed by atoms with E-state index in [1.165, 1.54) is 0 Å². The van der Waals surface area contributed by atoms with Gasteiger partial charge in [0.05, 0.1) is 12.3 Å². The molecule has 0 aliphatic rings. The van der Waals surface area contributed by atoms with E-state index in [0.29, 0.717) is 0 Å². The molecule has 0 aromatic carbocycles. The molecule has 0 amide bonds. The largest absolute Gasteiger partial charge is 0.392 e. The first-order valence-corrected chi connectivity index (χ1v) is 5.10. The van der Waals surface area contributed by atoms with Crippen LogP contribution in [0.5, 0.6) is 0 Å². The average Bonchev–Trinajstić information content (AvgIpc) is 2.59. The highest BCUT2D eigenvalue weighted by molar-refractivity contribution is 5.43. The van der Waals surface area contributed by atoms with E-state index < -0.39 is 0 Å². The van der Waals surface area contributed by atoms with E-state index in [9.17, 15) is 0 Å². The lowest BCUT2D eigenvalue weighted by atomic mass is 9.93. The van der Waals surface area contributed by atoms with Crippen molar-refractivity contribution in [3.05, 3.63) is 35.8 Å². The van der Waals surface area contributed by atoms with Crippen LogP contribution in [0.4, 0.5) is 0 Å². The summed E-state index contributed by atoms with van der Waals surface area (Å²) in [5.41, 5.74) is 2.92. The molecular weight excluding hydrogens is 188 g/mol. The van der Waals surface area contributed by atoms with Gasteiger partial charge in [0.15, 0.2) is 0 Å². The summed E-state index contributed by atoms with van der Waals surface area (Å²) in [7, 11) is 0. The topological polar surface area (TPSA) is 37.5 Å². The van der Waals surface area contributed by atoms with Gasteiger partial charge < -0.3 is 9.51 Å².